The number of carbonyl (C=O) groups excluding carboxylic acids is 1. The molecule has 8 heteroatoms. The zero-order valence-electron chi connectivity index (χ0n) is 14.2. The summed E-state index contributed by atoms with van der Waals surface area (Å²) in [4.78, 5) is 18.8. The van der Waals surface area contributed by atoms with Crippen LogP contribution >= 0.6 is 11.3 Å². The van der Waals surface area contributed by atoms with Gasteiger partial charge in [-0.2, -0.15) is 0 Å². The molecule has 0 aliphatic carbocycles. The number of rotatable bonds is 5. The molecular formula is C19H15F3N2O2S. The van der Waals surface area contributed by atoms with E-state index in [0.717, 1.165) is 5.69 Å². The molecule has 1 aromatic heterocycles. The topological polar surface area (TPSA) is 42.4 Å². The second-order valence-electron chi connectivity index (χ2n) is 5.70. The Balaban J connectivity index is 1.81. The van der Waals surface area contributed by atoms with E-state index < -0.39 is 6.36 Å². The lowest BCUT2D eigenvalue weighted by Gasteiger charge is -2.20. The van der Waals surface area contributed by atoms with Gasteiger partial charge in [-0.3, -0.25) is 9.69 Å². The zero-order chi connectivity index (χ0) is 19.4. The molecule has 0 aliphatic rings. The molecule has 3 rings (SSSR count). The second kappa shape index (κ2) is 7.79. The molecule has 1 heterocycles. The van der Waals surface area contributed by atoms with E-state index in [-0.39, 0.29) is 18.1 Å². The highest BCUT2D eigenvalue weighted by Gasteiger charge is 2.31. The van der Waals surface area contributed by atoms with Crippen LogP contribution in [-0.4, -0.2) is 17.3 Å². The molecule has 0 saturated carbocycles. The molecule has 0 atom stereocenters. The summed E-state index contributed by atoms with van der Waals surface area (Å²) in [5.41, 5.74) is 2.05. The predicted octanol–water partition coefficient (Wildman–Crippen LogP) is 5.26. The van der Waals surface area contributed by atoms with Gasteiger partial charge in [-0.15, -0.1) is 24.5 Å². The van der Waals surface area contributed by atoms with Crippen molar-refractivity contribution < 1.29 is 22.7 Å². The summed E-state index contributed by atoms with van der Waals surface area (Å²) in [6.07, 6.45) is -4.73. The summed E-state index contributed by atoms with van der Waals surface area (Å²) in [5, 5.41) is 2.39. The summed E-state index contributed by atoms with van der Waals surface area (Å²) >= 11 is 1.35. The minimum absolute atomic E-state index is 0.0137. The summed E-state index contributed by atoms with van der Waals surface area (Å²) < 4.78 is 40.6. The van der Waals surface area contributed by atoms with Crippen LogP contribution in [0.5, 0.6) is 5.75 Å². The number of nitrogens with zero attached hydrogens (tertiary/aromatic N) is 2. The van der Waals surface area contributed by atoms with Crippen molar-refractivity contribution in [2.45, 2.75) is 19.7 Å². The number of thiazole rings is 1. The average molecular weight is 392 g/mol. The highest BCUT2D eigenvalue weighted by Crippen LogP contribution is 2.29. The van der Waals surface area contributed by atoms with Gasteiger partial charge in [-0.1, -0.05) is 30.3 Å². The molecular weight excluding hydrogens is 377 g/mol. The maximum Gasteiger partial charge on any atom is 0.573 e. The molecule has 0 aliphatic heterocycles. The van der Waals surface area contributed by atoms with Crippen molar-refractivity contribution in [1.82, 2.24) is 4.98 Å². The van der Waals surface area contributed by atoms with Crippen LogP contribution in [0, 0.1) is 6.92 Å². The van der Waals surface area contributed by atoms with Crippen LogP contribution in [0.25, 0.3) is 0 Å². The minimum atomic E-state index is -4.75. The van der Waals surface area contributed by atoms with Gasteiger partial charge in [-0.25, -0.2) is 4.98 Å². The number of amides is 1. The lowest BCUT2D eigenvalue weighted by molar-refractivity contribution is -0.274. The van der Waals surface area contributed by atoms with Gasteiger partial charge in [-0.05, 0) is 36.8 Å². The number of hydrogen-bond donors (Lipinski definition) is 0. The molecule has 0 fully saturated rings. The largest absolute Gasteiger partial charge is 0.573 e. The van der Waals surface area contributed by atoms with Crippen LogP contribution in [-0.2, 0) is 11.2 Å². The van der Waals surface area contributed by atoms with Crippen LogP contribution < -0.4 is 9.64 Å². The Kier molecular flexibility index (Phi) is 5.46. The van der Waals surface area contributed by atoms with Crippen LogP contribution in [0.2, 0.25) is 0 Å². The number of hydrogen-bond acceptors (Lipinski definition) is 4. The molecule has 0 spiro atoms. The minimum Gasteiger partial charge on any atom is -0.406 e. The Hall–Kier alpha value is -2.87. The Morgan fingerprint density at radius 1 is 1.11 bits per heavy atom. The molecule has 4 nitrogen and oxygen atoms in total. The van der Waals surface area contributed by atoms with Crippen molar-refractivity contribution >= 4 is 28.1 Å². The van der Waals surface area contributed by atoms with Crippen molar-refractivity contribution in [3.05, 3.63) is 71.2 Å². The SMILES string of the molecule is Cc1csc(N(C(=O)Cc2ccc(OC(F)(F)F)cc2)c2ccccc2)n1. The Morgan fingerprint density at radius 3 is 2.33 bits per heavy atom. The van der Waals surface area contributed by atoms with E-state index in [4.69, 9.17) is 0 Å². The quantitative estimate of drug-likeness (QED) is 0.595. The third-order valence-electron chi connectivity index (χ3n) is 3.57. The first kappa shape index (κ1) is 18.9. The molecule has 1 amide bonds. The van der Waals surface area contributed by atoms with Crippen LogP contribution in [0.3, 0.4) is 0 Å². The fourth-order valence-electron chi connectivity index (χ4n) is 2.45. The van der Waals surface area contributed by atoms with Crippen molar-refractivity contribution in [3.8, 4) is 5.75 Å². The molecule has 2 aromatic carbocycles. The second-order valence-corrected chi connectivity index (χ2v) is 6.54. The number of aryl methyl sites for hydroxylation is 1. The first-order valence-corrected chi connectivity index (χ1v) is 8.84. The van der Waals surface area contributed by atoms with E-state index in [0.29, 0.717) is 16.4 Å². The first-order chi connectivity index (χ1) is 12.8. The Morgan fingerprint density at radius 2 is 1.78 bits per heavy atom. The molecule has 27 heavy (non-hydrogen) atoms. The maximum atomic E-state index is 12.9. The third-order valence-corrected chi connectivity index (χ3v) is 4.52. The third kappa shape index (κ3) is 5.07. The number of ether oxygens (including phenoxy) is 1. The summed E-state index contributed by atoms with van der Waals surface area (Å²) in [7, 11) is 0. The number of halogens is 3. The standard InChI is InChI=1S/C19H15F3N2O2S/c1-13-12-27-18(23-13)24(15-5-3-2-4-6-15)17(25)11-14-7-9-16(10-8-14)26-19(20,21)22/h2-10,12H,11H2,1H3. The number of aromatic nitrogens is 1. The lowest BCUT2D eigenvalue weighted by Crippen LogP contribution is -2.27. The molecule has 0 bridgehead atoms. The first-order valence-electron chi connectivity index (χ1n) is 7.97. The zero-order valence-corrected chi connectivity index (χ0v) is 15.1. The summed E-state index contributed by atoms with van der Waals surface area (Å²) in [5.74, 6) is -0.561. The average Bonchev–Trinajstić information content (AvgIpc) is 3.02. The van der Waals surface area contributed by atoms with E-state index >= 15 is 0 Å². The number of anilines is 2. The van der Waals surface area contributed by atoms with Crippen molar-refractivity contribution in [2.24, 2.45) is 0 Å². The molecule has 3 aromatic rings. The molecule has 0 saturated heterocycles. The van der Waals surface area contributed by atoms with Gasteiger partial charge in [0.2, 0.25) is 5.91 Å². The van der Waals surface area contributed by atoms with Gasteiger partial charge in [0.05, 0.1) is 17.8 Å². The normalized spacial score (nSPS) is 11.3. The molecule has 140 valence electrons. The summed E-state index contributed by atoms with van der Waals surface area (Å²) in [6, 6.07) is 14.3. The Bertz CT molecular complexity index is 909. The van der Waals surface area contributed by atoms with Crippen molar-refractivity contribution in [3.63, 3.8) is 0 Å². The monoisotopic (exact) mass is 392 g/mol. The fraction of sp³-hybridized carbons (Fsp3) is 0.158. The van der Waals surface area contributed by atoms with E-state index in [1.54, 1.807) is 12.1 Å². The summed E-state index contributed by atoms with van der Waals surface area (Å²) in [6.45, 7) is 1.84. The molecule has 0 N–H and O–H groups in total. The van der Waals surface area contributed by atoms with Crippen LogP contribution in [0.15, 0.2) is 60.0 Å². The number of benzene rings is 2. The van der Waals surface area contributed by atoms with Crippen molar-refractivity contribution in [2.75, 3.05) is 4.90 Å². The van der Waals surface area contributed by atoms with Gasteiger partial charge in [0, 0.05) is 5.38 Å². The van der Waals surface area contributed by atoms with Gasteiger partial charge in [0.25, 0.3) is 0 Å². The van der Waals surface area contributed by atoms with Crippen molar-refractivity contribution in [1.29, 1.82) is 0 Å². The number of carbonyl (C=O) groups is 1. The van der Waals surface area contributed by atoms with Gasteiger partial charge >= 0.3 is 6.36 Å². The number of para-hydroxylation sites is 1. The molecule has 0 radical (unpaired) electrons. The Labute approximate surface area is 157 Å². The smallest absolute Gasteiger partial charge is 0.406 e. The van der Waals surface area contributed by atoms with E-state index in [1.807, 2.05) is 30.5 Å². The van der Waals surface area contributed by atoms with E-state index in [2.05, 4.69) is 9.72 Å². The van der Waals surface area contributed by atoms with Gasteiger partial charge < -0.3 is 4.74 Å². The predicted molar refractivity (Wildman–Crippen MR) is 97.3 cm³/mol. The highest BCUT2D eigenvalue weighted by molar-refractivity contribution is 7.14. The maximum absolute atomic E-state index is 12.9. The van der Waals surface area contributed by atoms with E-state index in [1.165, 1.54) is 40.5 Å². The lowest BCUT2D eigenvalue weighted by atomic mass is 10.1. The fourth-order valence-corrected chi connectivity index (χ4v) is 3.28. The van der Waals surface area contributed by atoms with Gasteiger partial charge in [0.15, 0.2) is 5.13 Å². The van der Waals surface area contributed by atoms with Crippen LogP contribution in [0.4, 0.5) is 24.0 Å². The number of alkyl halides is 3. The molecule has 0 unspecified atom stereocenters. The van der Waals surface area contributed by atoms with E-state index in [9.17, 15) is 18.0 Å². The highest BCUT2D eigenvalue weighted by atomic mass is 32.1. The van der Waals surface area contributed by atoms with Crippen LogP contribution in [0.1, 0.15) is 11.3 Å². The van der Waals surface area contributed by atoms with Gasteiger partial charge in [0.1, 0.15) is 5.75 Å².